The number of pyridine rings is 1. The quantitative estimate of drug-likeness (QED) is 0.0669. The Balaban J connectivity index is 0.970. The van der Waals surface area contributed by atoms with E-state index >= 15 is 0 Å². The van der Waals surface area contributed by atoms with Crippen molar-refractivity contribution in [3.05, 3.63) is 106 Å². The van der Waals surface area contributed by atoms with Gasteiger partial charge in [0.25, 0.3) is 0 Å². The number of halogens is 2. The number of carbonyl (C=O) groups is 4. The number of likely N-dealkylation sites (tertiary alicyclic amines) is 1. The van der Waals surface area contributed by atoms with Crippen molar-refractivity contribution in [1.29, 1.82) is 0 Å². The van der Waals surface area contributed by atoms with Crippen LogP contribution >= 0.6 is 34.3 Å². The maximum Gasteiger partial charge on any atom is 0.246 e. The summed E-state index contributed by atoms with van der Waals surface area (Å²) in [5.74, 6) is -1.60. The molecule has 5 N–H and O–H groups in total. The predicted molar refractivity (Wildman–Crippen MR) is 249 cm³/mol. The molecule has 0 radical (unpaired) electrons. The number of aryl methyl sites for hydroxylation is 1. The molecule has 3 atom stereocenters. The highest BCUT2D eigenvalue weighted by atomic mass is 35.5. The van der Waals surface area contributed by atoms with Crippen molar-refractivity contribution in [3.8, 4) is 16.2 Å². The number of aromatic nitrogens is 3. The summed E-state index contributed by atoms with van der Waals surface area (Å²) in [6.07, 6.45) is 2.38. The Morgan fingerprint density at radius 2 is 1.77 bits per heavy atom. The lowest BCUT2D eigenvalue weighted by Gasteiger charge is -2.39. The molecule has 14 nitrogen and oxygen atoms in total. The van der Waals surface area contributed by atoms with Crippen LogP contribution in [0.2, 0.25) is 5.02 Å². The van der Waals surface area contributed by atoms with Crippen molar-refractivity contribution >= 4 is 68.9 Å². The smallest absolute Gasteiger partial charge is 0.246 e. The van der Waals surface area contributed by atoms with Gasteiger partial charge in [0.15, 0.2) is 16.7 Å². The molecule has 5 aromatic rings. The van der Waals surface area contributed by atoms with Crippen LogP contribution < -0.4 is 26.0 Å². The first-order valence-electron chi connectivity index (χ1n) is 21.6. The zero-order valence-electron chi connectivity index (χ0n) is 36.7. The van der Waals surface area contributed by atoms with Crippen LogP contribution in [0.1, 0.15) is 76.2 Å². The minimum absolute atomic E-state index is 0.0115. The van der Waals surface area contributed by atoms with Crippen LogP contribution in [0.5, 0.6) is 5.75 Å². The second-order valence-corrected chi connectivity index (χ2v) is 19.9. The van der Waals surface area contributed by atoms with Crippen molar-refractivity contribution in [1.82, 2.24) is 35.8 Å². The fourth-order valence-corrected chi connectivity index (χ4v) is 9.89. The number of β-amino-alcohol motifs (C(OH)–C–C–N with tert-alkyl or cyclic N) is 1. The number of nitrogens with one attached hydrogen (secondary N) is 4. The number of ether oxygens (including phenoxy) is 1. The Morgan fingerprint density at radius 1 is 1.02 bits per heavy atom. The van der Waals surface area contributed by atoms with Crippen molar-refractivity contribution in [2.24, 2.45) is 10.8 Å². The van der Waals surface area contributed by atoms with Gasteiger partial charge < -0.3 is 36.0 Å². The van der Waals surface area contributed by atoms with Crippen molar-refractivity contribution in [3.63, 3.8) is 0 Å². The van der Waals surface area contributed by atoms with Crippen LogP contribution in [0.3, 0.4) is 0 Å². The van der Waals surface area contributed by atoms with E-state index in [0.29, 0.717) is 48.7 Å². The molecule has 1 unspecified atom stereocenters. The van der Waals surface area contributed by atoms with Crippen LogP contribution in [0.25, 0.3) is 10.4 Å². The average molecular weight is 946 g/mol. The Bertz CT molecular complexity index is 2460. The Hall–Kier alpha value is -5.49. The molecule has 65 heavy (non-hydrogen) atoms. The highest BCUT2D eigenvalue weighted by molar-refractivity contribution is 7.13. The minimum Gasteiger partial charge on any atom is -0.487 e. The molecule has 2 aliphatic rings. The van der Waals surface area contributed by atoms with Crippen molar-refractivity contribution in [2.45, 2.75) is 103 Å². The molecule has 2 aromatic carbocycles. The van der Waals surface area contributed by atoms with Gasteiger partial charge in [-0.25, -0.2) is 19.3 Å². The SMILES string of the molecule is Cc1ncsc1-c1ccc(CNC(=O)[C@@H]2C[C@@H](O)CN2C(=O)C(NC(=O)CCNC(=O)[C@]2(Cc3cccc(Nc4nccs4)n3)CC[C@@H](Oc3cccc(Cl)c3F)CC2)C(C)(C)C)cc1. The summed E-state index contributed by atoms with van der Waals surface area (Å²) in [6, 6.07) is 16.0. The van der Waals surface area contributed by atoms with Crippen LogP contribution in [0.15, 0.2) is 77.8 Å². The number of amides is 4. The number of nitrogens with zero attached hydrogens (tertiary/aromatic N) is 4. The maximum atomic E-state index is 14.7. The number of rotatable bonds is 16. The maximum absolute atomic E-state index is 14.7. The van der Waals surface area contributed by atoms with Crippen LogP contribution in [-0.4, -0.2) is 86.0 Å². The molecule has 344 valence electrons. The van der Waals surface area contributed by atoms with E-state index in [1.165, 1.54) is 28.4 Å². The normalized spacial score (nSPS) is 20.2. The van der Waals surface area contributed by atoms with E-state index in [9.17, 15) is 28.7 Å². The molecular formula is C47H54ClFN8O6S2. The van der Waals surface area contributed by atoms with Gasteiger partial charge in [-0.2, -0.15) is 0 Å². The van der Waals surface area contributed by atoms with Gasteiger partial charge in [0.2, 0.25) is 23.6 Å². The van der Waals surface area contributed by atoms with Crippen molar-refractivity contribution in [2.75, 3.05) is 18.4 Å². The van der Waals surface area contributed by atoms with Gasteiger partial charge in [-0.05, 0) is 73.4 Å². The standard InChI is InChI=1S/C47H54ClFN8O6S2/c1-28-40(65-27-53-28)30-13-11-29(12-14-30)25-52-42(60)35-23-32(58)26-57(35)43(61)41(46(2,3)4)56-38(59)17-20-50-44(62)47(24-31-7-5-10-37(54-31)55-45-51-21-22-64-45)18-15-33(16-19-47)63-36-9-6-8-34(48)39(36)49/h5-14,21-22,27,32-33,35,41,58H,15-20,23-26H2,1-4H3,(H,50,62)(H,52,60)(H,56,59)(H,51,54,55)/t32-,33-,35+,41?,47-/m1/s1. The summed E-state index contributed by atoms with van der Waals surface area (Å²) in [4.78, 5) is 71.5. The number of aliphatic hydroxyl groups excluding tert-OH is 1. The molecule has 4 amide bonds. The van der Waals surface area contributed by atoms with E-state index in [2.05, 4.69) is 31.2 Å². The first kappa shape index (κ1) is 47.5. The molecule has 1 aliphatic carbocycles. The number of anilines is 2. The van der Waals surface area contributed by atoms with Gasteiger partial charge in [0, 0.05) is 56.2 Å². The third kappa shape index (κ3) is 11.9. The predicted octanol–water partition coefficient (Wildman–Crippen LogP) is 7.37. The van der Waals surface area contributed by atoms with Gasteiger partial charge in [0.1, 0.15) is 17.9 Å². The summed E-state index contributed by atoms with van der Waals surface area (Å²) in [5.41, 5.74) is 3.66. The highest BCUT2D eigenvalue weighted by Crippen LogP contribution is 2.41. The lowest BCUT2D eigenvalue weighted by atomic mass is 9.69. The molecule has 1 saturated carbocycles. The first-order valence-corrected chi connectivity index (χ1v) is 23.8. The van der Waals surface area contributed by atoms with E-state index in [0.717, 1.165) is 21.7 Å². The third-order valence-corrected chi connectivity index (χ3v) is 13.9. The summed E-state index contributed by atoms with van der Waals surface area (Å²) in [5, 5.41) is 25.2. The number of benzene rings is 2. The third-order valence-electron chi connectivity index (χ3n) is 11.9. The Morgan fingerprint density at radius 3 is 2.46 bits per heavy atom. The van der Waals surface area contributed by atoms with Gasteiger partial charge in [-0.1, -0.05) is 68.8 Å². The lowest BCUT2D eigenvalue weighted by Crippen LogP contribution is -2.58. The van der Waals surface area contributed by atoms with E-state index in [-0.39, 0.29) is 55.3 Å². The summed E-state index contributed by atoms with van der Waals surface area (Å²) in [6.45, 7) is 7.57. The van der Waals surface area contributed by atoms with Gasteiger partial charge >= 0.3 is 0 Å². The first-order chi connectivity index (χ1) is 31.1. The topological polar surface area (TPSA) is 188 Å². The summed E-state index contributed by atoms with van der Waals surface area (Å²) >= 11 is 9.00. The second kappa shape index (κ2) is 20.8. The fourth-order valence-electron chi connectivity index (χ4n) is 8.38. The molecule has 4 heterocycles. The zero-order valence-corrected chi connectivity index (χ0v) is 39.1. The number of aliphatic hydroxyl groups is 1. The molecule has 0 spiro atoms. The molecule has 1 aliphatic heterocycles. The largest absolute Gasteiger partial charge is 0.487 e. The van der Waals surface area contributed by atoms with E-state index in [4.69, 9.17) is 21.3 Å². The summed E-state index contributed by atoms with van der Waals surface area (Å²) < 4.78 is 20.8. The fraction of sp³-hybridized carbons (Fsp3) is 0.426. The summed E-state index contributed by atoms with van der Waals surface area (Å²) in [7, 11) is 0. The minimum atomic E-state index is -1.03. The molecule has 3 aromatic heterocycles. The van der Waals surface area contributed by atoms with Gasteiger partial charge in [0.05, 0.1) is 38.7 Å². The monoisotopic (exact) mass is 944 g/mol. The lowest BCUT2D eigenvalue weighted by molar-refractivity contribution is -0.144. The van der Waals surface area contributed by atoms with E-state index in [1.54, 1.807) is 29.1 Å². The highest BCUT2D eigenvalue weighted by Gasteiger charge is 2.45. The molecule has 1 saturated heterocycles. The van der Waals surface area contributed by atoms with Crippen molar-refractivity contribution < 1.29 is 33.4 Å². The molecule has 18 heteroatoms. The van der Waals surface area contributed by atoms with Crippen LogP contribution in [0, 0.1) is 23.6 Å². The Kier molecular flexibility index (Phi) is 15.2. The number of thiazole rings is 2. The average Bonchev–Trinajstić information content (AvgIpc) is 4.06. The van der Waals surface area contributed by atoms with E-state index < -0.39 is 52.6 Å². The molecular weight excluding hydrogens is 891 g/mol. The zero-order chi connectivity index (χ0) is 46.3. The van der Waals surface area contributed by atoms with Gasteiger partial charge in [-0.3, -0.25) is 19.2 Å². The number of hydrogen-bond donors (Lipinski definition) is 5. The Labute approximate surface area is 390 Å². The number of hydrogen-bond acceptors (Lipinski definition) is 12. The van der Waals surface area contributed by atoms with Crippen LogP contribution in [0.4, 0.5) is 15.3 Å². The van der Waals surface area contributed by atoms with E-state index in [1.807, 2.05) is 75.5 Å². The number of carbonyl (C=O) groups excluding carboxylic acids is 4. The molecule has 2 fully saturated rings. The molecule has 7 rings (SSSR count). The van der Waals surface area contributed by atoms with Gasteiger partial charge in [-0.15, -0.1) is 22.7 Å². The molecule has 0 bridgehead atoms. The van der Waals surface area contributed by atoms with Crippen LogP contribution in [-0.2, 0) is 32.1 Å². The second-order valence-electron chi connectivity index (χ2n) is 17.8.